The van der Waals surface area contributed by atoms with Gasteiger partial charge in [0.05, 0.1) is 5.56 Å². The summed E-state index contributed by atoms with van der Waals surface area (Å²) in [5.74, 6) is 0.734. The Hall–Kier alpha value is -1.58. The van der Waals surface area contributed by atoms with E-state index in [0.717, 1.165) is 19.5 Å². The monoisotopic (exact) mass is 191 g/mol. The fourth-order valence-electron chi connectivity index (χ4n) is 1.47. The average Bonchev–Trinajstić information content (AvgIpc) is 2.15. The molecule has 0 aromatic carbocycles. The van der Waals surface area contributed by atoms with Crippen molar-refractivity contribution in [1.29, 1.82) is 0 Å². The molecule has 1 fully saturated rings. The van der Waals surface area contributed by atoms with Crippen molar-refractivity contribution in [3.63, 3.8) is 0 Å². The van der Waals surface area contributed by atoms with Gasteiger partial charge in [-0.3, -0.25) is 4.79 Å². The van der Waals surface area contributed by atoms with Crippen LogP contribution in [-0.4, -0.2) is 35.9 Å². The van der Waals surface area contributed by atoms with Crippen molar-refractivity contribution in [3.05, 3.63) is 23.9 Å². The highest BCUT2D eigenvalue weighted by Crippen LogP contribution is 2.17. The molecular formula is C10H13N3O. The van der Waals surface area contributed by atoms with Gasteiger partial charge in [-0.05, 0) is 18.6 Å². The van der Waals surface area contributed by atoms with Crippen LogP contribution in [0.5, 0.6) is 0 Å². The zero-order valence-electron chi connectivity index (χ0n) is 8.16. The standard InChI is InChI=1S/C10H13N3O/c1-11-9-8(4-2-5-12-9)10(14)13-6-3-7-13/h2,4-5H,3,6-7H2,1H3,(H,11,12). The molecule has 1 aliphatic rings. The second-order valence-corrected chi connectivity index (χ2v) is 3.30. The van der Waals surface area contributed by atoms with Crippen molar-refractivity contribution in [1.82, 2.24) is 9.88 Å². The van der Waals surface area contributed by atoms with E-state index in [4.69, 9.17) is 0 Å². The van der Waals surface area contributed by atoms with Crippen LogP contribution in [0.4, 0.5) is 5.82 Å². The Kier molecular flexibility index (Phi) is 2.35. The summed E-state index contributed by atoms with van der Waals surface area (Å²) in [5.41, 5.74) is 0.662. The zero-order valence-corrected chi connectivity index (χ0v) is 8.16. The maximum absolute atomic E-state index is 11.9. The number of anilines is 1. The highest BCUT2D eigenvalue weighted by Gasteiger charge is 2.23. The maximum Gasteiger partial charge on any atom is 0.257 e. The number of nitrogens with one attached hydrogen (secondary N) is 1. The third kappa shape index (κ3) is 1.43. The summed E-state index contributed by atoms with van der Waals surface area (Å²) in [6.07, 6.45) is 2.79. The van der Waals surface area contributed by atoms with Gasteiger partial charge in [0.25, 0.3) is 5.91 Å². The Bertz CT molecular complexity index is 347. The number of hydrogen-bond acceptors (Lipinski definition) is 3. The first-order valence-corrected chi connectivity index (χ1v) is 4.75. The highest BCUT2D eigenvalue weighted by atomic mass is 16.2. The van der Waals surface area contributed by atoms with Gasteiger partial charge in [-0.15, -0.1) is 0 Å². The molecule has 1 amide bonds. The molecule has 1 aromatic rings. The minimum absolute atomic E-state index is 0.0775. The lowest BCUT2D eigenvalue weighted by Crippen LogP contribution is -2.42. The molecule has 1 aliphatic heterocycles. The SMILES string of the molecule is CNc1ncccc1C(=O)N1CCC1. The quantitative estimate of drug-likeness (QED) is 0.757. The molecule has 1 aromatic heterocycles. The molecule has 0 saturated carbocycles. The van der Waals surface area contributed by atoms with Gasteiger partial charge in [0.15, 0.2) is 0 Å². The van der Waals surface area contributed by atoms with E-state index in [1.807, 2.05) is 4.90 Å². The third-order valence-electron chi connectivity index (χ3n) is 2.42. The molecule has 2 rings (SSSR count). The van der Waals surface area contributed by atoms with Gasteiger partial charge in [0.2, 0.25) is 0 Å². The molecule has 1 saturated heterocycles. The third-order valence-corrected chi connectivity index (χ3v) is 2.42. The number of aromatic nitrogens is 1. The van der Waals surface area contributed by atoms with Crippen LogP contribution in [0, 0.1) is 0 Å². The second kappa shape index (κ2) is 3.65. The molecule has 1 N–H and O–H groups in total. The van der Waals surface area contributed by atoms with Crippen molar-refractivity contribution in [2.45, 2.75) is 6.42 Å². The van der Waals surface area contributed by atoms with Crippen molar-refractivity contribution in [2.75, 3.05) is 25.5 Å². The molecule has 0 atom stereocenters. The number of hydrogen-bond donors (Lipinski definition) is 1. The van der Waals surface area contributed by atoms with E-state index in [0.29, 0.717) is 11.4 Å². The molecule has 0 aliphatic carbocycles. The summed E-state index contributed by atoms with van der Waals surface area (Å²) in [7, 11) is 1.77. The lowest BCUT2D eigenvalue weighted by Gasteiger charge is -2.31. The van der Waals surface area contributed by atoms with Gasteiger partial charge in [-0.2, -0.15) is 0 Å². The van der Waals surface area contributed by atoms with E-state index in [2.05, 4.69) is 10.3 Å². The van der Waals surface area contributed by atoms with Crippen molar-refractivity contribution in [2.24, 2.45) is 0 Å². The summed E-state index contributed by atoms with van der Waals surface area (Å²) in [4.78, 5) is 17.8. The van der Waals surface area contributed by atoms with Crippen LogP contribution in [0.3, 0.4) is 0 Å². The van der Waals surface area contributed by atoms with Gasteiger partial charge < -0.3 is 10.2 Å². The van der Waals surface area contributed by atoms with Crippen LogP contribution in [0.15, 0.2) is 18.3 Å². The molecule has 4 nitrogen and oxygen atoms in total. The first-order chi connectivity index (χ1) is 6.83. The normalized spacial score (nSPS) is 14.8. The molecular weight excluding hydrogens is 178 g/mol. The smallest absolute Gasteiger partial charge is 0.257 e. The minimum Gasteiger partial charge on any atom is -0.372 e. The van der Waals surface area contributed by atoms with Gasteiger partial charge in [-0.25, -0.2) is 4.98 Å². The minimum atomic E-state index is 0.0775. The topological polar surface area (TPSA) is 45.2 Å². The molecule has 0 spiro atoms. The predicted molar refractivity (Wildman–Crippen MR) is 54.3 cm³/mol. The van der Waals surface area contributed by atoms with Gasteiger partial charge in [0.1, 0.15) is 5.82 Å². The van der Waals surface area contributed by atoms with E-state index in [1.54, 1.807) is 25.4 Å². The predicted octanol–water partition coefficient (Wildman–Crippen LogP) is 0.969. The maximum atomic E-state index is 11.9. The van der Waals surface area contributed by atoms with Crippen molar-refractivity contribution >= 4 is 11.7 Å². The summed E-state index contributed by atoms with van der Waals surface area (Å²) < 4.78 is 0. The van der Waals surface area contributed by atoms with E-state index in [-0.39, 0.29) is 5.91 Å². The van der Waals surface area contributed by atoms with Crippen LogP contribution in [0.25, 0.3) is 0 Å². The van der Waals surface area contributed by atoms with Crippen molar-refractivity contribution in [3.8, 4) is 0 Å². The lowest BCUT2D eigenvalue weighted by molar-refractivity contribution is 0.0652. The van der Waals surface area contributed by atoms with Crippen molar-refractivity contribution < 1.29 is 4.79 Å². The fourth-order valence-corrected chi connectivity index (χ4v) is 1.47. The first kappa shape index (κ1) is 8.99. The Labute approximate surface area is 82.9 Å². The first-order valence-electron chi connectivity index (χ1n) is 4.75. The highest BCUT2D eigenvalue weighted by molar-refractivity contribution is 5.99. The number of rotatable bonds is 2. The molecule has 0 bridgehead atoms. The molecule has 74 valence electrons. The lowest BCUT2D eigenvalue weighted by atomic mass is 10.1. The molecule has 2 heterocycles. The van der Waals surface area contributed by atoms with Crippen LogP contribution >= 0.6 is 0 Å². The van der Waals surface area contributed by atoms with Crippen LogP contribution < -0.4 is 5.32 Å². The van der Waals surface area contributed by atoms with E-state index in [9.17, 15) is 4.79 Å². The summed E-state index contributed by atoms with van der Waals surface area (Å²) in [5, 5.41) is 2.92. The summed E-state index contributed by atoms with van der Waals surface area (Å²) in [6.45, 7) is 1.74. The number of pyridine rings is 1. The van der Waals surface area contributed by atoms with Gasteiger partial charge >= 0.3 is 0 Å². The van der Waals surface area contributed by atoms with E-state index in [1.165, 1.54) is 0 Å². The summed E-state index contributed by atoms with van der Waals surface area (Å²) >= 11 is 0. The zero-order chi connectivity index (χ0) is 9.97. The number of likely N-dealkylation sites (tertiary alicyclic amines) is 1. The average molecular weight is 191 g/mol. The van der Waals surface area contributed by atoms with Gasteiger partial charge in [-0.1, -0.05) is 0 Å². The van der Waals surface area contributed by atoms with E-state index < -0.39 is 0 Å². The number of amides is 1. The largest absolute Gasteiger partial charge is 0.372 e. The Balaban J connectivity index is 2.25. The summed E-state index contributed by atoms with van der Waals surface area (Å²) in [6, 6.07) is 3.59. The fraction of sp³-hybridized carbons (Fsp3) is 0.400. The molecule has 14 heavy (non-hydrogen) atoms. The van der Waals surface area contributed by atoms with Crippen LogP contribution in [-0.2, 0) is 0 Å². The molecule has 0 unspecified atom stereocenters. The Morgan fingerprint density at radius 1 is 1.57 bits per heavy atom. The van der Waals surface area contributed by atoms with E-state index >= 15 is 0 Å². The van der Waals surface area contributed by atoms with Crippen LogP contribution in [0.1, 0.15) is 16.8 Å². The van der Waals surface area contributed by atoms with Crippen LogP contribution in [0.2, 0.25) is 0 Å². The molecule has 0 radical (unpaired) electrons. The number of nitrogens with zero attached hydrogens (tertiary/aromatic N) is 2. The molecule has 4 heteroatoms. The Morgan fingerprint density at radius 2 is 2.36 bits per heavy atom. The second-order valence-electron chi connectivity index (χ2n) is 3.30. The Morgan fingerprint density at radius 3 is 2.93 bits per heavy atom. The number of carbonyl (C=O) groups excluding carboxylic acids is 1. The number of carbonyl (C=O) groups is 1. The van der Waals surface area contributed by atoms with Gasteiger partial charge in [0, 0.05) is 26.3 Å².